The molecule has 0 N–H and O–H groups in total. The van der Waals surface area contributed by atoms with E-state index in [4.69, 9.17) is 0 Å². The van der Waals surface area contributed by atoms with Gasteiger partial charge >= 0.3 is 0 Å². The molecule has 0 amide bonds. The minimum atomic E-state index is -0.467. The minimum absolute atomic E-state index is 0.445. The van der Waals surface area contributed by atoms with Crippen molar-refractivity contribution in [2.45, 2.75) is 26.3 Å². The van der Waals surface area contributed by atoms with Gasteiger partial charge in [-0.05, 0) is 23.1 Å². The smallest absolute Gasteiger partial charge is 0.116 e. The summed E-state index contributed by atoms with van der Waals surface area (Å²) < 4.78 is 14.4. The van der Waals surface area contributed by atoms with Crippen molar-refractivity contribution in [3.8, 4) is 0 Å². The number of hydrogen-bond donors (Lipinski definition) is 0. The Labute approximate surface area is 95.8 Å². The summed E-state index contributed by atoms with van der Waals surface area (Å²) in [7, 11) is 0. The van der Waals surface area contributed by atoms with Crippen molar-refractivity contribution in [2.24, 2.45) is 0 Å². The van der Waals surface area contributed by atoms with E-state index < -0.39 is 5.83 Å². The molecule has 0 spiro atoms. The second-order valence-corrected chi connectivity index (χ2v) is 4.00. The SMILES string of the molecule is C=C/C(=C\C(=C)F)Cn1cc(C(C)C)cn1. The molecule has 0 aliphatic carbocycles. The lowest BCUT2D eigenvalue weighted by molar-refractivity contribution is 0.656. The van der Waals surface area contributed by atoms with Crippen LogP contribution in [0.5, 0.6) is 0 Å². The molecule has 1 aromatic rings. The predicted octanol–water partition coefficient (Wildman–Crippen LogP) is 3.60. The number of rotatable bonds is 5. The Bertz CT molecular complexity index is 413. The van der Waals surface area contributed by atoms with Gasteiger partial charge in [-0.3, -0.25) is 4.68 Å². The van der Waals surface area contributed by atoms with Gasteiger partial charge in [0.1, 0.15) is 5.83 Å². The van der Waals surface area contributed by atoms with Crippen LogP contribution in [0.4, 0.5) is 4.39 Å². The van der Waals surface area contributed by atoms with Gasteiger partial charge in [-0.2, -0.15) is 5.10 Å². The Kier molecular flexibility index (Phi) is 4.23. The van der Waals surface area contributed by atoms with Crippen molar-refractivity contribution in [3.05, 3.63) is 54.7 Å². The molecule has 0 atom stereocenters. The summed E-state index contributed by atoms with van der Waals surface area (Å²) in [6.45, 7) is 11.6. The van der Waals surface area contributed by atoms with Gasteiger partial charge in [0.05, 0.1) is 12.7 Å². The Balaban J connectivity index is 2.78. The average molecular weight is 220 g/mol. The van der Waals surface area contributed by atoms with Gasteiger partial charge in [-0.25, -0.2) is 4.39 Å². The summed E-state index contributed by atoms with van der Waals surface area (Å²) in [6.07, 6.45) is 6.77. The van der Waals surface area contributed by atoms with Crippen LogP contribution in [0.3, 0.4) is 0 Å². The third-order valence-corrected chi connectivity index (χ3v) is 2.27. The summed E-state index contributed by atoms with van der Waals surface area (Å²) in [4.78, 5) is 0. The highest BCUT2D eigenvalue weighted by atomic mass is 19.1. The largest absolute Gasteiger partial charge is 0.268 e. The van der Waals surface area contributed by atoms with Gasteiger partial charge in [-0.1, -0.05) is 33.1 Å². The zero-order chi connectivity index (χ0) is 12.1. The molecular formula is C13H17FN2. The zero-order valence-corrected chi connectivity index (χ0v) is 9.78. The lowest BCUT2D eigenvalue weighted by atomic mass is 10.1. The maximum atomic E-state index is 12.6. The summed E-state index contributed by atoms with van der Waals surface area (Å²) in [5.74, 6) is -0.0211. The monoisotopic (exact) mass is 220 g/mol. The third kappa shape index (κ3) is 3.50. The maximum absolute atomic E-state index is 12.6. The summed E-state index contributed by atoms with van der Waals surface area (Å²) in [6, 6.07) is 0. The Morgan fingerprint density at radius 3 is 2.75 bits per heavy atom. The van der Waals surface area contributed by atoms with E-state index in [1.165, 1.54) is 11.6 Å². The summed E-state index contributed by atoms with van der Waals surface area (Å²) >= 11 is 0. The normalized spacial score (nSPS) is 11.9. The molecule has 0 saturated carbocycles. The Hall–Kier alpha value is -1.64. The summed E-state index contributed by atoms with van der Waals surface area (Å²) in [5, 5.41) is 4.21. The van der Waals surface area contributed by atoms with Crippen molar-refractivity contribution in [1.29, 1.82) is 0 Å². The molecule has 86 valence electrons. The Morgan fingerprint density at radius 1 is 1.62 bits per heavy atom. The van der Waals surface area contributed by atoms with Crippen molar-refractivity contribution in [3.63, 3.8) is 0 Å². The highest BCUT2D eigenvalue weighted by Gasteiger charge is 2.03. The molecule has 16 heavy (non-hydrogen) atoms. The highest BCUT2D eigenvalue weighted by molar-refractivity contribution is 5.24. The van der Waals surface area contributed by atoms with Crippen LogP contribution in [-0.4, -0.2) is 9.78 Å². The van der Waals surface area contributed by atoms with E-state index >= 15 is 0 Å². The van der Waals surface area contributed by atoms with Gasteiger partial charge in [0, 0.05) is 6.20 Å². The van der Waals surface area contributed by atoms with Crippen molar-refractivity contribution in [1.82, 2.24) is 9.78 Å². The molecule has 0 saturated heterocycles. The first-order valence-electron chi connectivity index (χ1n) is 5.22. The predicted molar refractivity (Wildman–Crippen MR) is 64.8 cm³/mol. The minimum Gasteiger partial charge on any atom is -0.268 e. The van der Waals surface area contributed by atoms with E-state index in [1.807, 2.05) is 12.4 Å². The standard InChI is InChI=1S/C13H17FN2/c1-5-12(6-11(4)14)8-16-9-13(7-15-16)10(2)3/h5-7,9-10H,1,4,8H2,2-3H3/b12-6+. The molecule has 0 radical (unpaired) electrons. The second-order valence-electron chi connectivity index (χ2n) is 4.00. The van der Waals surface area contributed by atoms with Gasteiger partial charge in [0.25, 0.3) is 0 Å². The number of nitrogens with zero attached hydrogens (tertiary/aromatic N) is 2. The molecule has 3 heteroatoms. The van der Waals surface area contributed by atoms with Crippen LogP contribution in [0.2, 0.25) is 0 Å². The van der Waals surface area contributed by atoms with Gasteiger partial charge in [0.2, 0.25) is 0 Å². The average Bonchev–Trinajstić information content (AvgIpc) is 2.64. The molecule has 0 aliphatic rings. The molecule has 1 rings (SSSR count). The molecular weight excluding hydrogens is 203 g/mol. The first-order valence-corrected chi connectivity index (χ1v) is 5.22. The van der Waals surface area contributed by atoms with E-state index in [0.717, 1.165) is 5.57 Å². The van der Waals surface area contributed by atoms with Crippen LogP contribution < -0.4 is 0 Å². The number of allylic oxidation sites excluding steroid dienone is 4. The van der Waals surface area contributed by atoms with E-state index in [1.54, 1.807) is 10.8 Å². The maximum Gasteiger partial charge on any atom is 0.116 e. The van der Waals surface area contributed by atoms with Gasteiger partial charge < -0.3 is 0 Å². The van der Waals surface area contributed by atoms with Crippen LogP contribution in [0.25, 0.3) is 0 Å². The van der Waals surface area contributed by atoms with Crippen LogP contribution in [0, 0.1) is 0 Å². The van der Waals surface area contributed by atoms with Crippen LogP contribution in [-0.2, 0) is 6.54 Å². The van der Waals surface area contributed by atoms with Crippen LogP contribution in [0.15, 0.2) is 49.1 Å². The van der Waals surface area contributed by atoms with Crippen molar-refractivity contribution >= 4 is 0 Å². The van der Waals surface area contributed by atoms with Crippen molar-refractivity contribution < 1.29 is 4.39 Å². The first kappa shape index (κ1) is 12.4. The quantitative estimate of drug-likeness (QED) is 0.693. The van der Waals surface area contributed by atoms with Crippen LogP contribution in [0.1, 0.15) is 25.3 Å². The molecule has 0 unspecified atom stereocenters. The molecule has 0 fully saturated rings. The fourth-order valence-corrected chi connectivity index (χ4v) is 1.32. The van der Waals surface area contributed by atoms with E-state index in [9.17, 15) is 4.39 Å². The highest BCUT2D eigenvalue weighted by Crippen LogP contribution is 2.13. The molecule has 1 heterocycles. The van der Waals surface area contributed by atoms with E-state index in [0.29, 0.717) is 12.5 Å². The van der Waals surface area contributed by atoms with E-state index in [-0.39, 0.29) is 0 Å². The molecule has 2 nitrogen and oxygen atoms in total. The number of halogens is 1. The molecule has 1 aromatic heterocycles. The second kappa shape index (κ2) is 5.45. The molecule has 0 aliphatic heterocycles. The fourth-order valence-electron chi connectivity index (χ4n) is 1.32. The van der Waals surface area contributed by atoms with Crippen molar-refractivity contribution in [2.75, 3.05) is 0 Å². The lowest BCUT2D eigenvalue weighted by Gasteiger charge is -2.02. The fraction of sp³-hybridized carbons (Fsp3) is 0.308. The van der Waals surface area contributed by atoms with Gasteiger partial charge in [-0.15, -0.1) is 0 Å². The Morgan fingerprint density at radius 2 is 2.31 bits per heavy atom. The summed E-state index contributed by atoms with van der Waals surface area (Å²) in [5.41, 5.74) is 1.92. The molecule has 0 bridgehead atoms. The molecule has 0 aromatic carbocycles. The van der Waals surface area contributed by atoms with Gasteiger partial charge in [0.15, 0.2) is 0 Å². The topological polar surface area (TPSA) is 17.8 Å². The zero-order valence-electron chi connectivity index (χ0n) is 9.78. The number of hydrogen-bond acceptors (Lipinski definition) is 1. The number of aromatic nitrogens is 2. The van der Waals surface area contributed by atoms with Crippen LogP contribution >= 0.6 is 0 Å². The first-order chi connectivity index (χ1) is 7.52. The van der Waals surface area contributed by atoms with E-state index in [2.05, 4.69) is 32.1 Å². The lowest BCUT2D eigenvalue weighted by Crippen LogP contribution is -2.00. The third-order valence-electron chi connectivity index (χ3n) is 2.27.